The van der Waals surface area contributed by atoms with Crippen LogP contribution >= 0.6 is 0 Å². The summed E-state index contributed by atoms with van der Waals surface area (Å²) in [6, 6.07) is 0. The molecule has 2 bridgehead atoms. The largest absolute Gasteiger partial charge is 0.390 e. The Balaban J connectivity index is 2.10. The molecule has 2 nitrogen and oxygen atoms in total. The molecule has 1 N–H and O–H groups in total. The molecule has 2 aliphatic heterocycles. The molecule has 0 saturated carbocycles. The van der Waals surface area contributed by atoms with E-state index in [1.165, 1.54) is 6.42 Å². The van der Waals surface area contributed by atoms with Crippen molar-refractivity contribution in [3.8, 4) is 0 Å². The van der Waals surface area contributed by atoms with Crippen molar-refractivity contribution >= 4 is 10.8 Å². The lowest BCUT2D eigenvalue weighted by molar-refractivity contribution is 0.00252. The van der Waals surface area contributed by atoms with Crippen molar-refractivity contribution in [1.82, 2.24) is 0 Å². The minimum absolute atomic E-state index is 0.291. The van der Waals surface area contributed by atoms with Gasteiger partial charge < -0.3 is 5.11 Å². The number of hydrogen-bond donors (Lipinski definition) is 1. The Morgan fingerprint density at radius 2 is 1.93 bits per heavy atom. The quantitative estimate of drug-likeness (QED) is 0.766. The van der Waals surface area contributed by atoms with Crippen LogP contribution in [-0.2, 0) is 10.8 Å². The molecule has 3 heteroatoms. The average molecular weight is 216 g/mol. The van der Waals surface area contributed by atoms with Crippen LogP contribution in [0.1, 0.15) is 51.9 Å². The van der Waals surface area contributed by atoms with Crippen molar-refractivity contribution < 1.29 is 9.32 Å². The minimum Gasteiger partial charge on any atom is -0.390 e. The van der Waals surface area contributed by atoms with Gasteiger partial charge in [0.2, 0.25) is 0 Å². The Morgan fingerprint density at radius 1 is 1.36 bits per heavy atom. The molecular weight excluding hydrogens is 196 g/mol. The topological polar surface area (TPSA) is 37.3 Å². The first-order valence-electron chi connectivity index (χ1n) is 5.76. The number of fused-ring (bicyclic) bond motifs is 2. The summed E-state index contributed by atoms with van der Waals surface area (Å²) in [4.78, 5) is 0. The molecule has 0 aromatic carbocycles. The Morgan fingerprint density at radius 3 is 2.43 bits per heavy atom. The number of hydrogen-bond acceptors (Lipinski definition) is 2. The van der Waals surface area contributed by atoms with Gasteiger partial charge in [-0.1, -0.05) is 19.8 Å². The summed E-state index contributed by atoms with van der Waals surface area (Å²) in [6.45, 7) is 2.11. The van der Waals surface area contributed by atoms with E-state index in [1.807, 2.05) is 0 Å². The SMILES string of the molecule is CCCC1(O)CC2CCCC(C1)S2=O. The maximum Gasteiger partial charge on any atom is 0.0670 e. The van der Waals surface area contributed by atoms with E-state index in [0.29, 0.717) is 10.5 Å². The molecule has 0 aliphatic carbocycles. The second-order valence-corrected chi connectivity index (χ2v) is 6.88. The lowest BCUT2D eigenvalue weighted by Gasteiger charge is -2.43. The van der Waals surface area contributed by atoms with Crippen LogP contribution in [0.25, 0.3) is 0 Å². The summed E-state index contributed by atoms with van der Waals surface area (Å²) < 4.78 is 11.9. The van der Waals surface area contributed by atoms with Crippen LogP contribution in [0.3, 0.4) is 0 Å². The highest BCUT2D eigenvalue weighted by atomic mass is 32.2. The van der Waals surface area contributed by atoms with E-state index in [2.05, 4.69) is 6.92 Å². The molecule has 2 saturated heterocycles. The van der Waals surface area contributed by atoms with Gasteiger partial charge >= 0.3 is 0 Å². The van der Waals surface area contributed by atoms with Crippen LogP contribution in [0.5, 0.6) is 0 Å². The number of rotatable bonds is 2. The zero-order valence-electron chi connectivity index (χ0n) is 8.87. The van der Waals surface area contributed by atoms with Crippen molar-refractivity contribution in [2.24, 2.45) is 0 Å². The normalized spacial score (nSPS) is 47.7. The van der Waals surface area contributed by atoms with E-state index < -0.39 is 16.4 Å². The van der Waals surface area contributed by atoms with Gasteiger partial charge in [0.25, 0.3) is 0 Å². The fraction of sp³-hybridized carbons (Fsp3) is 1.00. The zero-order chi connectivity index (χ0) is 10.2. The van der Waals surface area contributed by atoms with Crippen molar-refractivity contribution in [2.75, 3.05) is 0 Å². The van der Waals surface area contributed by atoms with E-state index >= 15 is 0 Å². The third-order valence-electron chi connectivity index (χ3n) is 3.64. The molecule has 2 unspecified atom stereocenters. The van der Waals surface area contributed by atoms with Gasteiger partial charge in [-0.3, -0.25) is 4.21 Å². The average Bonchev–Trinajstić information content (AvgIpc) is 2.08. The lowest BCUT2D eigenvalue weighted by Crippen LogP contribution is -2.48. The highest BCUT2D eigenvalue weighted by molar-refractivity contribution is 7.86. The Labute approximate surface area is 88.5 Å². The standard InChI is InChI=1S/C11H20O2S/c1-2-6-11(12)7-9-4-3-5-10(8-11)14(9)13/h9-10,12H,2-8H2,1H3. The third kappa shape index (κ3) is 1.89. The van der Waals surface area contributed by atoms with Gasteiger partial charge in [-0.25, -0.2) is 0 Å². The van der Waals surface area contributed by atoms with Gasteiger partial charge in [0.05, 0.1) is 5.60 Å². The molecule has 2 rings (SSSR count). The Hall–Kier alpha value is 0.110. The summed E-state index contributed by atoms with van der Waals surface area (Å²) >= 11 is 0. The van der Waals surface area contributed by atoms with Crippen molar-refractivity contribution in [2.45, 2.75) is 68.0 Å². The minimum atomic E-state index is -0.646. The molecule has 0 aromatic heterocycles. The van der Waals surface area contributed by atoms with Crippen LogP contribution in [0.15, 0.2) is 0 Å². The van der Waals surface area contributed by atoms with Gasteiger partial charge in [0.1, 0.15) is 0 Å². The molecule has 0 radical (unpaired) electrons. The molecule has 2 atom stereocenters. The fourth-order valence-corrected chi connectivity index (χ4v) is 5.34. The van der Waals surface area contributed by atoms with E-state index in [4.69, 9.17) is 0 Å². The molecule has 2 heterocycles. The summed E-state index contributed by atoms with van der Waals surface area (Å²) in [5.41, 5.74) is -0.488. The van der Waals surface area contributed by atoms with Crippen LogP contribution in [-0.4, -0.2) is 25.4 Å². The molecule has 82 valence electrons. The number of aliphatic hydroxyl groups is 1. The van der Waals surface area contributed by atoms with Crippen LogP contribution in [0.2, 0.25) is 0 Å². The highest BCUT2D eigenvalue weighted by Gasteiger charge is 2.44. The summed E-state index contributed by atoms with van der Waals surface area (Å²) in [5.74, 6) is 0. The molecule has 0 aromatic rings. The molecular formula is C11H20O2S. The van der Waals surface area contributed by atoms with Crippen molar-refractivity contribution in [3.63, 3.8) is 0 Å². The zero-order valence-corrected chi connectivity index (χ0v) is 9.68. The monoisotopic (exact) mass is 216 g/mol. The first kappa shape index (κ1) is 10.6. The van der Waals surface area contributed by atoms with E-state index in [0.717, 1.165) is 38.5 Å². The van der Waals surface area contributed by atoms with Crippen molar-refractivity contribution in [1.29, 1.82) is 0 Å². The second kappa shape index (κ2) is 3.93. The van der Waals surface area contributed by atoms with Gasteiger partial charge in [-0.15, -0.1) is 0 Å². The third-order valence-corrected chi connectivity index (χ3v) is 5.76. The lowest BCUT2D eigenvalue weighted by atomic mass is 9.83. The molecule has 2 fully saturated rings. The summed E-state index contributed by atoms with van der Waals surface area (Å²) in [5, 5.41) is 10.9. The first-order valence-corrected chi connectivity index (χ1v) is 7.04. The maximum atomic E-state index is 11.9. The molecule has 0 spiro atoms. The van der Waals surface area contributed by atoms with Gasteiger partial charge in [-0.2, -0.15) is 0 Å². The molecule has 0 amide bonds. The smallest absolute Gasteiger partial charge is 0.0670 e. The predicted molar refractivity (Wildman–Crippen MR) is 58.7 cm³/mol. The first-order chi connectivity index (χ1) is 6.64. The van der Waals surface area contributed by atoms with E-state index in [9.17, 15) is 9.32 Å². The summed E-state index contributed by atoms with van der Waals surface area (Å²) in [7, 11) is -0.646. The summed E-state index contributed by atoms with van der Waals surface area (Å²) in [6.07, 6.45) is 6.82. The van der Waals surface area contributed by atoms with Crippen LogP contribution in [0.4, 0.5) is 0 Å². The van der Waals surface area contributed by atoms with E-state index in [1.54, 1.807) is 0 Å². The van der Waals surface area contributed by atoms with Gasteiger partial charge in [-0.05, 0) is 32.1 Å². The van der Waals surface area contributed by atoms with Gasteiger partial charge in [0, 0.05) is 21.3 Å². The predicted octanol–water partition coefficient (Wildman–Crippen LogP) is 1.98. The molecule has 2 aliphatic rings. The molecule has 14 heavy (non-hydrogen) atoms. The highest BCUT2D eigenvalue weighted by Crippen LogP contribution is 2.41. The van der Waals surface area contributed by atoms with Gasteiger partial charge in [0.15, 0.2) is 0 Å². The van der Waals surface area contributed by atoms with Crippen LogP contribution in [0, 0.1) is 0 Å². The van der Waals surface area contributed by atoms with E-state index in [-0.39, 0.29) is 0 Å². The fourth-order valence-electron chi connectivity index (χ4n) is 3.05. The Bertz CT molecular complexity index is 223. The maximum absolute atomic E-state index is 11.9. The van der Waals surface area contributed by atoms with Crippen LogP contribution < -0.4 is 0 Å². The Kier molecular flexibility index (Phi) is 2.98. The van der Waals surface area contributed by atoms with Crippen molar-refractivity contribution in [3.05, 3.63) is 0 Å². The second-order valence-electron chi connectivity index (χ2n) is 4.89.